The predicted octanol–water partition coefficient (Wildman–Crippen LogP) is 1.90. The summed E-state index contributed by atoms with van der Waals surface area (Å²) >= 11 is 0. The highest BCUT2D eigenvalue weighted by molar-refractivity contribution is 7.89. The number of carbonyl (C=O) groups is 1. The van der Waals surface area contributed by atoms with Gasteiger partial charge < -0.3 is 10.4 Å². The zero-order valence-electron chi connectivity index (χ0n) is 13.7. The molecule has 0 aliphatic rings. The first-order chi connectivity index (χ1) is 11.0. The zero-order chi connectivity index (χ0) is 18.5. The molecule has 24 heavy (non-hydrogen) atoms. The Bertz CT molecular complexity index is 717. The summed E-state index contributed by atoms with van der Waals surface area (Å²) < 4.78 is 26.7. The second kappa shape index (κ2) is 7.58. The number of benzene rings is 1. The maximum absolute atomic E-state index is 12.8. The minimum atomic E-state index is -4.08. The summed E-state index contributed by atoms with van der Waals surface area (Å²) in [7, 11) is -4.08. The van der Waals surface area contributed by atoms with Gasteiger partial charge in [0.1, 0.15) is 0 Å². The fourth-order valence-electron chi connectivity index (χ4n) is 2.18. The third-order valence-electron chi connectivity index (χ3n) is 3.36. The van der Waals surface area contributed by atoms with Crippen LogP contribution < -0.4 is 5.32 Å². The molecule has 0 spiro atoms. The molecule has 0 bridgehead atoms. The van der Waals surface area contributed by atoms with Crippen molar-refractivity contribution in [3.05, 3.63) is 34.4 Å². The Balaban J connectivity index is 3.15. The van der Waals surface area contributed by atoms with Crippen LogP contribution in [0.5, 0.6) is 0 Å². The molecule has 0 fully saturated rings. The number of carboxylic acid groups (broad SMARTS) is 1. The van der Waals surface area contributed by atoms with Crippen LogP contribution in [0.3, 0.4) is 0 Å². The molecular weight excluding hydrogens is 338 g/mol. The first-order valence-corrected chi connectivity index (χ1v) is 8.65. The number of hydrogen-bond donors (Lipinski definition) is 2. The molecule has 0 saturated heterocycles. The summed E-state index contributed by atoms with van der Waals surface area (Å²) in [6, 6.07) is 5.15. The molecule has 1 rings (SSSR count). The van der Waals surface area contributed by atoms with E-state index in [0.29, 0.717) is 0 Å². The summed E-state index contributed by atoms with van der Waals surface area (Å²) in [5.41, 5.74) is -1.18. The second-order valence-corrected chi connectivity index (χ2v) is 7.89. The van der Waals surface area contributed by atoms with Gasteiger partial charge in [-0.15, -0.1) is 0 Å². The molecule has 0 saturated carbocycles. The summed E-state index contributed by atoms with van der Waals surface area (Å²) in [5.74, 6) is 0. The monoisotopic (exact) mass is 359 g/mol. The van der Waals surface area contributed by atoms with Gasteiger partial charge in [0.05, 0.1) is 4.92 Å². The Morgan fingerprint density at radius 1 is 1.38 bits per heavy atom. The van der Waals surface area contributed by atoms with Gasteiger partial charge in [-0.2, -0.15) is 4.31 Å². The van der Waals surface area contributed by atoms with E-state index in [4.69, 9.17) is 5.11 Å². The summed E-state index contributed by atoms with van der Waals surface area (Å²) in [6.45, 7) is 5.20. The third-order valence-corrected chi connectivity index (χ3v) is 5.32. The quantitative estimate of drug-likeness (QED) is 0.538. The lowest BCUT2D eigenvalue weighted by Crippen LogP contribution is -2.44. The van der Waals surface area contributed by atoms with Gasteiger partial charge in [0.25, 0.3) is 5.69 Å². The summed E-state index contributed by atoms with van der Waals surface area (Å²) in [6.07, 6.45) is -1.20. The summed E-state index contributed by atoms with van der Waals surface area (Å²) in [4.78, 5) is 20.6. The van der Waals surface area contributed by atoms with Crippen LogP contribution in [0.25, 0.3) is 0 Å². The molecule has 0 aliphatic heterocycles. The fraction of sp³-hybridized carbons (Fsp3) is 0.500. The van der Waals surface area contributed by atoms with Crippen LogP contribution in [0.1, 0.15) is 20.8 Å². The number of nitro benzene ring substituents is 1. The lowest BCUT2D eigenvalue weighted by atomic mass is 9.93. The van der Waals surface area contributed by atoms with Crippen LogP contribution in [0.4, 0.5) is 10.5 Å². The fourth-order valence-corrected chi connectivity index (χ4v) is 3.98. The number of nitrogens with one attached hydrogen (secondary N) is 1. The maximum atomic E-state index is 12.8. The number of nitro groups is 1. The van der Waals surface area contributed by atoms with E-state index < -0.39 is 32.1 Å². The average Bonchev–Trinajstić information content (AvgIpc) is 2.50. The highest BCUT2D eigenvalue weighted by Gasteiger charge is 2.34. The van der Waals surface area contributed by atoms with Gasteiger partial charge in [0, 0.05) is 25.7 Å². The Hall–Kier alpha value is -2.20. The van der Waals surface area contributed by atoms with Gasteiger partial charge in [0.15, 0.2) is 4.90 Å². The number of sulfonamides is 1. The van der Waals surface area contributed by atoms with E-state index in [1.165, 1.54) is 18.2 Å². The first kappa shape index (κ1) is 19.8. The molecule has 0 atom stereocenters. The minimum absolute atomic E-state index is 0.0121. The van der Waals surface area contributed by atoms with Crippen molar-refractivity contribution < 1.29 is 23.2 Å². The van der Waals surface area contributed by atoms with E-state index in [9.17, 15) is 23.3 Å². The zero-order valence-corrected chi connectivity index (χ0v) is 14.5. The van der Waals surface area contributed by atoms with Crippen molar-refractivity contribution in [1.82, 2.24) is 9.62 Å². The lowest BCUT2D eigenvalue weighted by Gasteiger charge is -2.31. The Morgan fingerprint density at radius 2 is 1.96 bits per heavy atom. The molecule has 9 nitrogen and oxygen atoms in total. The van der Waals surface area contributed by atoms with E-state index in [2.05, 4.69) is 5.32 Å². The Morgan fingerprint density at radius 3 is 2.46 bits per heavy atom. The van der Waals surface area contributed by atoms with Crippen molar-refractivity contribution in [3.63, 3.8) is 0 Å². The van der Waals surface area contributed by atoms with Crippen molar-refractivity contribution in [3.8, 4) is 0 Å². The minimum Gasteiger partial charge on any atom is -0.465 e. The molecule has 0 aromatic heterocycles. The first-order valence-electron chi connectivity index (χ1n) is 7.21. The molecule has 0 radical (unpaired) electrons. The van der Waals surface area contributed by atoms with Crippen LogP contribution in [-0.4, -0.2) is 48.5 Å². The number of rotatable bonds is 8. The predicted molar refractivity (Wildman–Crippen MR) is 87.3 cm³/mol. The molecule has 1 amide bonds. The Labute approximate surface area is 140 Å². The maximum Gasteiger partial charge on any atom is 0.404 e. The van der Waals surface area contributed by atoms with E-state index in [1.54, 1.807) is 20.8 Å². The number of hydrogen-bond acceptors (Lipinski definition) is 5. The van der Waals surface area contributed by atoms with Crippen molar-refractivity contribution in [2.24, 2.45) is 5.41 Å². The standard InChI is InChI=1S/C14H21N3O6S/c1-4-16(10-14(2,3)9-15-13(18)19)24(22,23)12-8-6-5-7-11(12)17(20)21/h5-8,15H,4,9-10H2,1-3H3,(H,18,19). The van der Waals surface area contributed by atoms with Crippen molar-refractivity contribution in [1.29, 1.82) is 0 Å². The molecule has 1 aromatic rings. The molecule has 1 aromatic carbocycles. The van der Waals surface area contributed by atoms with E-state index >= 15 is 0 Å². The molecule has 0 aliphatic carbocycles. The molecule has 10 heteroatoms. The summed E-state index contributed by atoms with van der Waals surface area (Å²) in [5, 5.41) is 22.0. The normalized spacial score (nSPS) is 12.2. The molecule has 2 N–H and O–H groups in total. The number of amides is 1. The average molecular weight is 359 g/mol. The molecular formula is C14H21N3O6S. The lowest BCUT2D eigenvalue weighted by molar-refractivity contribution is -0.387. The largest absolute Gasteiger partial charge is 0.465 e. The van der Waals surface area contributed by atoms with Crippen molar-refractivity contribution in [2.75, 3.05) is 19.6 Å². The van der Waals surface area contributed by atoms with Crippen LogP contribution in [0.2, 0.25) is 0 Å². The topological polar surface area (TPSA) is 130 Å². The van der Waals surface area contributed by atoms with Gasteiger partial charge in [-0.1, -0.05) is 32.9 Å². The SMILES string of the molecule is CCN(CC(C)(C)CNC(=O)O)S(=O)(=O)c1ccccc1[N+](=O)[O-]. The van der Waals surface area contributed by atoms with E-state index in [-0.39, 0.29) is 24.5 Å². The second-order valence-electron chi connectivity index (χ2n) is 5.98. The highest BCUT2D eigenvalue weighted by atomic mass is 32.2. The van der Waals surface area contributed by atoms with Crippen LogP contribution in [-0.2, 0) is 10.0 Å². The smallest absolute Gasteiger partial charge is 0.404 e. The van der Waals surface area contributed by atoms with Gasteiger partial charge in [0.2, 0.25) is 10.0 Å². The van der Waals surface area contributed by atoms with Crippen LogP contribution >= 0.6 is 0 Å². The van der Waals surface area contributed by atoms with Gasteiger partial charge in [-0.05, 0) is 11.5 Å². The van der Waals surface area contributed by atoms with Gasteiger partial charge >= 0.3 is 6.09 Å². The molecule has 134 valence electrons. The van der Waals surface area contributed by atoms with Gasteiger partial charge in [-0.3, -0.25) is 10.1 Å². The van der Waals surface area contributed by atoms with E-state index in [1.807, 2.05) is 0 Å². The van der Waals surface area contributed by atoms with Crippen molar-refractivity contribution in [2.45, 2.75) is 25.7 Å². The number of nitrogens with zero attached hydrogens (tertiary/aromatic N) is 2. The third kappa shape index (κ3) is 4.90. The van der Waals surface area contributed by atoms with Crippen molar-refractivity contribution >= 4 is 21.8 Å². The van der Waals surface area contributed by atoms with Crippen LogP contribution in [0, 0.1) is 15.5 Å². The Kier molecular flexibility index (Phi) is 6.27. The highest BCUT2D eigenvalue weighted by Crippen LogP contribution is 2.28. The number of para-hydroxylation sites is 1. The molecule has 0 unspecified atom stereocenters. The van der Waals surface area contributed by atoms with Crippen LogP contribution in [0.15, 0.2) is 29.2 Å². The van der Waals surface area contributed by atoms with Gasteiger partial charge in [-0.25, -0.2) is 13.2 Å². The van der Waals surface area contributed by atoms with E-state index in [0.717, 1.165) is 10.4 Å². The molecule has 0 heterocycles.